The number of esters is 1. The van der Waals surface area contributed by atoms with Gasteiger partial charge in [-0.1, -0.05) is 69.0 Å². The number of hydrogen-bond acceptors (Lipinski definition) is 4. The quantitative estimate of drug-likeness (QED) is 0.341. The van der Waals surface area contributed by atoms with Crippen molar-refractivity contribution in [1.82, 2.24) is 0 Å². The number of methoxy groups -OCH3 is 2. The van der Waals surface area contributed by atoms with Crippen LogP contribution in [0.2, 0.25) is 19.6 Å². The third-order valence-corrected chi connectivity index (χ3v) is 9.32. The monoisotopic (exact) mass is 490 g/mol. The van der Waals surface area contributed by atoms with Crippen molar-refractivity contribution in [3.63, 3.8) is 0 Å². The van der Waals surface area contributed by atoms with Crippen molar-refractivity contribution in [2.75, 3.05) is 14.2 Å². The predicted molar refractivity (Wildman–Crippen MR) is 144 cm³/mol. The summed E-state index contributed by atoms with van der Waals surface area (Å²) in [6.45, 7) is 11.2. The average molecular weight is 491 g/mol. The Bertz CT molecular complexity index is 1180. The molecule has 0 spiro atoms. The summed E-state index contributed by atoms with van der Waals surface area (Å²) in [6.07, 6.45) is 2.93. The lowest BCUT2D eigenvalue weighted by atomic mass is 9.49. The van der Waals surface area contributed by atoms with E-state index in [1.165, 1.54) is 7.11 Å². The van der Waals surface area contributed by atoms with E-state index in [1.54, 1.807) is 7.11 Å². The molecule has 0 saturated heterocycles. The Balaban J connectivity index is 2.01. The second kappa shape index (κ2) is 9.09. The van der Waals surface area contributed by atoms with Crippen LogP contribution in [-0.2, 0) is 14.9 Å². The molecule has 0 bridgehead atoms. The smallest absolute Gasteiger partial charge is 0.311 e. The molecule has 186 valence electrons. The zero-order valence-electron chi connectivity index (χ0n) is 22.2. The third kappa shape index (κ3) is 4.39. The highest BCUT2D eigenvalue weighted by Crippen LogP contribution is 2.58. The van der Waals surface area contributed by atoms with Crippen molar-refractivity contribution in [3.05, 3.63) is 70.4 Å². The summed E-state index contributed by atoms with van der Waals surface area (Å²) in [6, 6.07) is 14.4. The Hall–Kier alpha value is -2.66. The average Bonchev–Trinajstić information content (AvgIpc) is 2.83. The number of ketones is 1. The molecule has 2 aliphatic rings. The van der Waals surface area contributed by atoms with Gasteiger partial charge < -0.3 is 9.47 Å². The van der Waals surface area contributed by atoms with Crippen molar-refractivity contribution in [2.24, 2.45) is 11.3 Å². The zero-order valence-corrected chi connectivity index (χ0v) is 23.2. The van der Waals surface area contributed by atoms with E-state index in [4.69, 9.17) is 9.47 Å². The lowest BCUT2D eigenvalue weighted by Gasteiger charge is -2.53. The van der Waals surface area contributed by atoms with Gasteiger partial charge in [-0.3, -0.25) is 9.59 Å². The Morgan fingerprint density at radius 3 is 2.34 bits per heavy atom. The summed E-state index contributed by atoms with van der Waals surface area (Å²) in [5.74, 6) is 0.527. The molecule has 3 atom stereocenters. The molecule has 0 heterocycles. The first-order valence-electron chi connectivity index (χ1n) is 12.6. The van der Waals surface area contributed by atoms with E-state index < -0.39 is 13.5 Å². The van der Waals surface area contributed by atoms with Gasteiger partial charge in [0.25, 0.3) is 0 Å². The molecule has 2 aromatic carbocycles. The SMILES string of the molecule is COC(=O)[C@@]1(C)CCC[C@]2(C)c3cc(OC)cc(/C(=C/[Si](C)(C)C)c4ccccc4)c3C(=O)C[C@@H]12. The Morgan fingerprint density at radius 2 is 1.74 bits per heavy atom. The number of fused-ring (bicyclic) bond motifs is 3. The van der Waals surface area contributed by atoms with Crippen molar-refractivity contribution in [2.45, 2.75) is 64.6 Å². The molecule has 0 aliphatic heterocycles. The van der Waals surface area contributed by atoms with Gasteiger partial charge in [-0.05, 0) is 65.5 Å². The molecule has 5 heteroatoms. The molecule has 1 fully saturated rings. The second-order valence-corrected chi connectivity index (χ2v) is 16.8. The van der Waals surface area contributed by atoms with Crippen LogP contribution in [0.3, 0.4) is 0 Å². The molecule has 0 N–H and O–H groups in total. The normalized spacial score (nSPS) is 26.5. The fraction of sp³-hybridized carbons (Fsp3) is 0.467. The number of Topliss-reactive ketones (excluding diaryl/α,β-unsaturated/α-hetero) is 1. The van der Waals surface area contributed by atoms with Gasteiger partial charge in [0, 0.05) is 12.0 Å². The van der Waals surface area contributed by atoms with E-state index in [0.717, 1.165) is 52.8 Å². The predicted octanol–water partition coefficient (Wildman–Crippen LogP) is 6.83. The molecular weight excluding hydrogens is 452 g/mol. The Kier molecular flexibility index (Phi) is 6.60. The summed E-state index contributed by atoms with van der Waals surface area (Å²) in [5.41, 5.74) is 6.34. The van der Waals surface area contributed by atoms with E-state index in [9.17, 15) is 9.59 Å². The van der Waals surface area contributed by atoms with Crippen LogP contribution in [0.4, 0.5) is 0 Å². The second-order valence-electron chi connectivity index (χ2n) is 11.7. The van der Waals surface area contributed by atoms with Gasteiger partial charge in [0.1, 0.15) is 5.75 Å². The maximum absolute atomic E-state index is 14.0. The highest BCUT2D eigenvalue weighted by atomic mass is 28.3. The van der Waals surface area contributed by atoms with Gasteiger partial charge >= 0.3 is 5.97 Å². The van der Waals surface area contributed by atoms with Gasteiger partial charge in [0.05, 0.1) is 27.7 Å². The standard InChI is InChI=1S/C30H38O4Si/c1-29-14-11-15-30(2,28(32)34-4)26(29)18-25(31)27-22(16-21(33-3)17-24(27)29)23(19-35(5,6)7)20-12-9-8-10-13-20/h8-10,12-13,16-17,19,26H,11,14-15,18H2,1-7H3/b23-19+/t26-,29-,30+/m1/s1. The first-order chi connectivity index (χ1) is 16.4. The van der Waals surface area contributed by atoms with Crippen molar-refractivity contribution in [3.8, 4) is 5.75 Å². The zero-order chi connectivity index (χ0) is 25.6. The molecular formula is C30H38O4Si. The van der Waals surface area contributed by atoms with Gasteiger partial charge in [0.2, 0.25) is 0 Å². The van der Waals surface area contributed by atoms with Gasteiger partial charge in [-0.25, -0.2) is 0 Å². The Labute approximate surface area is 210 Å². The molecule has 2 aromatic rings. The van der Waals surface area contributed by atoms with Crippen LogP contribution in [0.15, 0.2) is 48.2 Å². The van der Waals surface area contributed by atoms with Crippen molar-refractivity contribution < 1.29 is 19.1 Å². The summed E-state index contributed by atoms with van der Waals surface area (Å²) < 4.78 is 11.0. The van der Waals surface area contributed by atoms with Crippen molar-refractivity contribution >= 4 is 25.4 Å². The first-order valence-corrected chi connectivity index (χ1v) is 16.1. The highest BCUT2D eigenvalue weighted by Gasteiger charge is 2.57. The highest BCUT2D eigenvalue weighted by molar-refractivity contribution is 6.81. The Morgan fingerprint density at radius 1 is 1.06 bits per heavy atom. The largest absolute Gasteiger partial charge is 0.497 e. The molecule has 0 aromatic heterocycles. The summed E-state index contributed by atoms with van der Waals surface area (Å²) >= 11 is 0. The fourth-order valence-corrected chi connectivity index (χ4v) is 7.66. The van der Waals surface area contributed by atoms with Gasteiger partial charge in [-0.2, -0.15) is 0 Å². The topological polar surface area (TPSA) is 52.6 Å². The lowest BCUT2D eigenvalue weighted by Crippen LogP contribution is -2.54. The lowest BCUT2D eigenvalue weighted by molar-refractivity contribution is -0.160. The molecule has 0 unspecified atom stereocenters. The van der Waals surface area contributed by atoms with Crippen LogP contribution in [-0.4, -0.2) is 34.0 Å². The maximum atomic E-state index is 14.0. The number of benzene rings is 2. The van der Waals surface area contributed by atoms with E-state index in [1.807, 2.05) is 37.3 Å². The first kappa shape index (κ1) is 25.4. The number of ether oxygens (including phenoxy) is 2. The number of hydrogen-bond donors (Lipinski definition) is 0. The minimum Gasteiger partial charge on any atom is -0.497 e. The van der Waals surface area contributed by atoms with E-state index in [2.05, 4.69) is 44.4 Å². The minimum absolute atomic E-state index is 0.106. The van der Waals surface area contributed by atoms with Crippen LogP contribution in [0.25, 0.3) is 5.57 Å². The number of carbonyl (C=O) groups excluding carboxylic acids is 2. The van der Waals surface area contributed by atoms with E-state index >= 15 is 0 Å². The number of rotatable bonds is 5. The van der Waals surface area contributed by atoms with Crippen LogP contribution >= 0.6 is 0 Å². The molecule has 35 heavy (non-hydrogen) atoms. The van der Waals surface area contributed by atoms with Crippen LogP contribution < -0.4 is 4.74 Å². The third-order valence-electron chi connectivity index (χ3n) is 8.17. The minimum atomic E-state index is -1.65. The summed E-state index contributed by atoms with van der Waals surface area (Å²) in [4.78, 5) is 27.0. The maximum Gasteiger partial charge on any atom is 0.311 e. The van der Waals surface area contributed by atoms with Crippen molar-refractivity contribution in [1.29, 1.82) is 0 Å². The molecule has 0 radical (unpaired) electrons. The van der Waals surface area contributed by atoms with Crippen LogP contribution in [0, 0.1) is 11.3 Å². The molecule has 4 nitrogen and oxygen atoms in total. The van der Waals surface area contributed by atoms with Crippen LogP contribution in [0.1, 0.15) is 66.6 Å². The van der Waals surface area contributed by atoms with E-state index in [-0.39, 0.29) is 23.1 Å². The molecule has 4 rings (SSSR count). The fourth-order valence-electron chi connectivity index (χ4n) is 6.48. The summed E-state index contributed by atoms with van der Waals surface area (Å²) in [7, 11) is 1.48. The van der Waals surface area contributed by atoms with Gasteiger partial charge in [0.15, 0.2) is 5.78 Å². The summed E-state index contributed by atoms with van der Waals surface area (Å²) in [5, 5.41) is 0. The molecule has 0 amide bonds. The van der Waals surface area contributed by atoms with Gasteiger partial charge in [-0.15, -0.1) is 0 Å². The van der Waals surface area contributed by atoms with Crippen LogP contribution in [0.5, 0.6) is 5.75 Å². The van der Waals surface area contributed by atoms with E-state index in [0.29, 0.717) is 6.42 Å². The molecule has 2 aliphatic carbocycles. The number of carbonyl (C=O) groups is 2. The molecule has 1 saturated carbocycles.